The number of aromatic nitrogens is 3. The zero-order valence-electron chi connectivity index (χ0n) is 13.6. The molecule has 0 saturated carbocycles. The minimum atomic E-state index is -1.19. The minimum Gasteiger partial charge on any atom is -0.386 e. The number of carbonyl (C=O) groups is 1. The van der Waals surface area contributed by atoms with Crippen LogP contribution in [0.1, 0.15) is 28.9 Å². The van der Waals surface area contributed by atoms with Gasteiger partial charge in [0, 0.05) is 13.2 Å². The van der Waals surface area contributed by atoms with Gasteiger partial charge in [-0.2, -0.15) is 0 Å². The maximum atomic E-state index is 13.3. The molecule has 130 valence electrons. The molecular weight excluding hydrogens is 330 g/mol. The van der Waals surface area contributed by atoms with Gasteiger partial charge in [-0.3, -0.25) is 4.79 Å². The van der Waals surface area contributed by atoms with Crippen molar-refractivity contribution >= 4 is 17.1 Å². The largest absolute Gasteiger partial charge is 0.386 e. The molecule has 2 N–H and O–H groups in total. The van der Waals surface area contributed by atoms with Crippen LogP contribution in [0.2, 0.25) is 0 Å². The van der Waals surface area contributed by atoms with Crippen molar-refractivity contribution in [1.29, 1.82) is 0 Å². The lowest BCUT2D eigenvalue weighted by molar-refractivity contribution is 0.0851. The highest BCUT2D eigenvalue weighted by molar-refractivity contribution is 5.96. The number of hydrogen-bond donors (Lipinski definition) is 2. The number of rotatable bonds is 4. The number of aliphatic hydroxyl groups excluding tert-OH is 1. The molecule has 0 aliphatic heterocycles. The first kappa shape index (κ1) is 17.0. The Morgan fingerprint density at radius 1 is 1.24 bits per heavy atom. The fourth-order valence-corrected chi connectivity index (χ4v) is 2.49. The number of nitrogens with zero attached hydrogens (tertiary/aromatic N) is 3. The second-order valence-electron chi connectivity index (χ2n) is 5.80. The summed E-state index contributed by atoms with van der Waals surface area (Å²) in [5, 5.41) is 12.9. The van der Waals surface area contributed by atoms with Gasteiger partial charge in [-0.1, -0.05) is 6.07 Å². The smallest absolute Gasteiger partial charge is 0.253 e. The lowest BCUT2D eigenvalue weighted by atomic mass is 10.0. The molecule has 1 aromatic carbocycles. The average Bonchev–Trinajstić information content (AvgIpc) is 2.97. The van der Waals surface area contributed by atoms with Crippen LogP contribution in [0.15, 0.2) is 36.8 Å². The summed E-state index contributed by atoms with van der Waals surface area (Å²) in [4.78, 5) is 20.6. The van der Waals surface area contributed by atoms with E-state index in [1.54, 1.807) is 30.9 Å². The zero-order valence-corrected chi connectivity index (χ0v) is 13.6. The first-order chi connectivity index (χ1) is 11.9. The molecule has 1 amide bonds. The van der Waals surface area contributed by atoms with Gasteiger partial charge < -0.3 is 15.0 Å². The number of aliphatic hydroxyl groups is 1. The van der Waals surface area contributed by atoms with Crippen molar-refractivity contribution < 1.29 is 18.7 Å². The number of hydrogen-bond acceptors (Lipinski definition) is 4. The third-order valence-corrected chi connectivity index (χ3v) is 3.93. The first-order valence-electron chi connectivity index (χ1n) is 7.58. The summed E-state index contributed by atoms with van der Waals surface area (Å²) in [5.74, 6) is -2.50. The van der Waals surface area contributed by atoms with Crippen LogP contribution in [0.5, 0.6) is 0 Å². The van der Waals surface area contributed by atoms with E-state index in [9.17, 15) is 18.7 Å². The molecule has 0 bridgehead atoms. The number of amides is 1. The number of halogens is 2. The van der Waals surface area contributed by atoms with E-state index in [0.717, 1.165) is 12.1 Å². The number of carbonyl (C=O) groups excluding carboxylic acids is 1. The fraction of sp³-hybridized carbons (Fsp3) is 0.235. The lowest BCUT2D eigenvalue weighted by Gasteiger charge is -2.20. The lowest BCUT2D eigenvalue weighted by Crippen LogP contribution is -2.37. The van der Waals surface area contributed by atoms with Crippen molar-refractivity contribution in [2.24, 2.45) is 7.05 Å². The van der Waals surface area contributed by atoms with Gasteiger partial charge in [0.2, 0.25) is 0 Å². The standard InChI is InChI=1S/C17H16F2N4O2/c1-9(15(24)10-3-4-12(18)13(19)5-10)22-17(25)11-6-14-16(20-7-11)23(2)8-21-14/h3-9,15,24H,1-2H3,(H,22,25). The number of imidazole rings is 1. The summed E-state index contributed by atoms with van der Waals surface area (Å²) < 4.78 is 28.0. The maximum absolute atomic E-state index is 13.3. The summed E-state index contributed by atoms with van der Waals surface area (Å²) in [5.41, 5.74) is 1.68. The van der Waals surface area contributed by atoms with Crippen LogP contribution in [-0.2, 0) is 7.05 Å². The fourth-order valence-electron chi connectivity index (χ4n) is 2.49. The van der Waals surface area contributed by atoms with Crippen molar-refractivity contribution in [3.05, 3.63) is 59.6 Å². The summed E-state index contributed by atoms with van der Waals surface area (Å²) >= 11 is 0. The third-order valence-electron chi connectivity index (χ3n) is 3.93. The molecule has 2 atom stereocenters. The molecule has 2 unspecified atom stereocenters. The van der Waals surface area contributed by atoms with Gasteiger partial charge in [0.1, 0.15) is 5.52 Å². The van der Waals surface area contributed by atoms with E-state index in [4.69, 9.17) is 0 Å². The van der Waals surface area contributed by atoms with Crippen LogP contribution in [0.25, 0.3) is 11.2 Å². The van der Waals surface area contributed by atoms with E-state index >= 15 is 0 Å². The molecule has 0 saturated heterocycles. The predicted molar refractivity (Wildman–Crippen MR) is 86.8 cm³/mol. The molecule has 6 nitrogen and oxygen atoms in total. The Hall–Kier alpha value is -2.87. The zero-order chi connectivity index (χ0) is 18.1. The van der Waals surface area contributed by atoms with Gasteiger partial charge in [-0.15, -0.1) is 0 Å². The van der Waals surface area contributed by atoms with E-state index < -0.39 is 29.7 Å². The van der Waals surface area contributed by atoms with Crippen LogP contribution < -0.4 is 5.32 Å². The Morgan fingerprint density at radius 2 is 2.00 bits per heavy atom. The van der Waals surface area contributed by atoms with Gasteiger partial charge in [0.05, 0.1) is 24.0 Å². The maximum Gasteiger partial charge on any atom is 0.253 e. The summed E-state index contributed by atoms with van der Waals surface area (Å²) in [6.45, 7) is 1.57. The van der Waals surface area contributed by atoms with E-state index in [1.165, 1.54) is 12.3 Å². The number of nitrogens with one attached hydrogen (secondary N) is 1. The molecule has 3 aromatic rings. The first-order valence-corrected chi connectivity index (χ1v) is 7.58. The Kier molecular flexibility index (Phi) is 4.45. The van der Waals surface area contributed by atoms with Gasteiger partial charge in [0.15, 0.2) is 17.3 Å². The van der Waals surface area contributed by atoms with Gasteiger partial charge in [-0.25, -0.2) is 18.7 Å². The Morgan fingerprint density at radius 3 is 2.72 bits per heavy atom. The molecule has 0 aliphatic carbocycles. The Balaban J connectivity index is 1.75. The predicted octanol–water partition coefficient (Wildman–Crippen LogP) is 2.10. The highest BCUT2D eigenvalue weighted by atomic mass is 19.2. The molecule has 3 rings (SSSR count). The van der Waals surface area contributed by atoms with Gasteiger partial charge in [-0.05, 0) is 30.7 Å². The Labute approximate surface area is 142 Å². The average molecular weight is 346 g/mol. The van der Waals surface area contributed by atoms with Crippen LogP contribution in [0, 0.1) is 11.6 Å². The third kappa shape index (κ3) is 3.34. The van der Waals surface area contributed by atoms with Crippen molar-refractivity contribution in [2.45, 2.75) is 19.1 Å². The molecule has 2 heterocycles. The van der Waals surface area contributed by atoms with E-state index in [-0.39, 0.29) is 11.1 Å². The van der Waals surface area contributed by atoms with Gasteiger partial charge in [0.25, 0.3) is 5.91 Å². The molecule has 0 spiro atoms. The van der Waals surface area contributed by atoms with Crippen LogP contribution in [0.3, 0.4) is 0 Å². The van der Waals surface area contributed by atoms with E-state index in [0.29, 0.717) is 11.2 Å². The number of benzene rings is 1. The summed E-state index contributed by atoms with van der Waals surface area (Å²) in [7, 11) is 1.79. The molecule has 8 heteroatoms. The van der Waals surface area contributed by atoms with Crippen LogP contribution >= 0.6 is 0 Å². The van der Waals surface area contributed by atoms with Crippen LogP contribution in [-0.4, -0.2) is 31.6 Å². The quantitative estimate of drug-likeness (QED) is 0.758. The SMILES string of the molecule is CC(NC(=O)c1cnc2c(c1)ncn2C)C(O)c1ccc(F)c(F)c1. The Bertz CT molecular complexity index is 942. The number of pyridine rings is 1. The second kappa shape index (κ2) is 6.56. The van der Waals surface area contributed by atoms with Crippen molar-refractivity contribution in [1.82, 2.24) is 19.9 Å². The molecule has 25 heavy (non-hydrogen) atoms. The minimum absolute atomic E-state index is 0.171. The number of fused-ring (bicyclic) bond motifs is 1. The molecule has 0 fully saturated rings. The van der Waals surface area contributed by atoms with E-state index in [2.05, 4.69) is 15.3 Å². The molecular formula is C17H16F2N4O2. The van der Waals surface area contributed by atoms with Gasteiger partial charge >= 0.3 is 0 Å². The topological polar surface area (TPSA) is 80.0 Å². The van der Waals surface area contributed by atoms with Crippen LogP contribution in [0.4, 0.5) is 8.78 Å². The van der Waals surface area contributed by atoms with Crippen molar-refractivity contribution in [3.8, 4) is 0 Å². The van der Waals surface area contributed by atoms with E-state index in [1.807, 2.05) is 0 Å². The molecule has 0 radical (unpaired) electrons. The van der Waals surface area contributed by atoms with Crippen molar-refractivity contribution in [3.63, 3.8) is 0 Å². The normalized spacial score (nSPS) is 13.6. The summed E-state index contributed by atoms with van der Waals surface area (Å²) in [6.07, 6.45) is 1.82. The monoisotopic (exact) mass is 346 g/mol. The van der Waals surface area contributed by atoms with Crippen molar-refractivity contribution in [2.75, 3.05) is 0 Å². The number of aryl methyl sites for hydroxylation is 1. The molecule has 0 aliphatic rings. The highest BCUT2D eigenvalue weighted by Crippen LogP contribution is 2.20. The second-order valence-corrected chi connectivity index (χ2v) is 5.80. The summed E-state index contributed by atoms with van der Waals surface area (Å²) in [6, 6.07) is 3.98. The molecule has 2 aromatic heterocycles. The highest BCUT2D eigenvalue weighted by Gasteiger charge is 2.21.